The lowest BCUT2D eigenvalue weighted by molar-refractivity contribution is -0.139. The Hall–Kier alpha value is -4.11. The number of hydrogen-bond acceptors (Lipinski definition) is 8. The Morgan fingerprint density at radius 3 is 2.59 bits per heavy atom. The minimum Gasteiger partial charge on any atom is -0.493 e. The van der Waals surface area contributed by atoms with E-state index in [0.29, 0.717) is 50.0 Å². The molecule has 0 saturated heterocycles. The van der Waals surface area contributed by atoms with E-state index in [1.54, 1.807) is 51.3 Å². The molecule has 37 heavy (non-hydrogen) atoms. The molecular formula is C28H28N2O6S. The summed E-state index contributed by atoms with van der Waals surface area (Å²) in [5.41, 5.74) is 1.91. The zero-order valence-electron chi connectivity index (χ0n) is 21.1. The van der Waals surface area contributed by atoms with Crippen LogP contribution in [0.4, 0.5) is 0 Å². The van der Waals surface area contributed by atoms with Crippen molar-refractivity contribution in [2.45, 2.75) is 19.9 Å². The summed E-state index contributed by atoms with van der Waals surface area (Å²) >= 11 is 1.25. The van der Waals surface area contributed by atoms with Gasteiger partial charge in [0.2, 0.25) is 0 Å². The molecule has 0 bridgehead atoms. The molecule has 1 aliphatic rings. The van der Waals surface area contributed by atoms with E-state index in [2.05, 4.69) is 11.6 Å². The highest BCUT2D eigenvalue weighted by molar-refractivity contribution is 7.07. The van der Waals surface area contributed by atoms with Gasteiger partial charge in [0.15, 0.2) is 16.3 Å². The highest BCUT2D eigenvalue weighted by Gasteiger charge is 2.34. The molecule has 0 aliphatic carbocycles. The quantitative estimate of drug-likeness (QED) is 0.318. The number of carbonyl (C=O) groups excluding carboxylic acids is 1. The molecule has 9 heteroatoms. The fourth-order valence-electron chi connectivity index (χ4n) is 4.15. The first-order valence-corrected chi connectivity index (χ1v) is 12.5. The molecule has 0 spiro atoms. The zero-order chi connectivity index (χ0) is 26.5. The minimum absolute atomic E-state index is 0.195. The molecule has 0 fully saturated rings. The average Bonchev–Trinajstić information content (AvgIpc) is 3.21. The van der Waals surface area contributed by atoms with Crippen molar-refractivity contribution in [1.82, 2.24) is 4.57 Å². The van der Waals surface area contributed by atoms with Crippen LogP contribution in [0.3, 0.4) is 0 Å². The van der Waals surface area contributed by atoms with Gasteiger partial charge in [-0.1, -0.05) is 48.3 Å². The second-order valence-electron chi connectivity index (χ2n) is 8.05. The Morgan fingerprint density at radius 1 is 1.14 bits per heavy atom. The molecule has 4 rings (SSSR count). The molecule has 2 aromatic carbocycles. The lowest BCUT2D eigenvalue weighted by Crippen LogP contribution is -2.40. The van der Waals surface area contributed by atoms with Gasteiger partial charge in [0.05, 0.1) is 42.7 Å². The largest absolute Gasteiger partial charge is 0.493 e. The third-order valence-corrected chi connectivity index (χ3v) is 6.79. The fourth-order valence-corrected chi connectivity index (χ4v) is 5.19. The van der Waals surface area contributed by atoms with E-state index < -0.39 is 12.0 Å². The highest BCUT2D eigenvalue weighted by Crippen LogP contribution is 2.36. The smallest absolute Gasteiger partial charge is 0.338 e. The first kappa shape index (κ1) is 26.0. The average molecular weight is 521 g/mol. The van der Waals surface area contributed by atoms with Crippen molar-refractivity contribution in [2.75, 3.05) is 27.4 Å². The fraction of sp³-hybridized carbons (Fsp3) is 0.250. The lowest BCUT2D eigenvalue weighted by Gasteiger charge is -2.25. The monoisotopic (exact) mass is 520 g/mol. The third kappa shape index (κ3) is 5.08. The molecule has 0 saturated carbocycles. The molecule has 1 aliphatic heterocycles. The number of aromatic nitrogens is 1. The van der Waals surface area contributed by atoms with E-state index in [9.17, 15) is 9.59 Å². The number of allylic oxidation sites excluding steroid dienone is 1. The Kier molecular flexibility index (Phi) is 7.93. The van der Waals surface area contributed by atoms with E-state index >= 15 is 0 Å². The summed E-state index contributed by atoms with van der Waals surface area (Å²) in [7, 11) is 3.08. The van der Waals surface area contributed by atoms with Crippen LogP contribution >= 0.6 is 11.3 Å². The first-order chi connectivity index (χ1) is 17.9. The van der Waals surface area contributed by atoms with Crippen LogP contribution in [0.15, 0.2) is 76.2 Å². The van der Waals surface area contributed by atoms with Crippen molar-refractivity contribution in [3.8, 4) is 17.2 Å². The number of hydrogen-bond donors (Lipinski definition) is 0. The van der Waals surface area contributed by atoms with Gasteiger partial charge in [-0.05, 0) is 43.7 Å². The number of para-hydroxylation sites is 1. The molecule has 3 aromatic rings. The Balaban J connectivity index is 1.95. The summed E-state index contributed by atoms with van der Waals surface area (Å²) in [4.78, 5) is 32.0. The third-order valence-electron chi connectivity index (χ3n) is 5.80. The molecule has 1 atom stereocenters. The number of fused-ring (bicyclic) bond motifs is 1. The highest BCUT2D eigenvalue weighted by atomic mass is 32.1. The summed E-state index contributed by atoms with van der Waals surface area (Å²) in [6.07, 6.45) is 3.44. The van der Waals surface area contributed by atoms with Gasteiger partial charge in [-0.25, -0.2) is 9.79 Å². The summed E-state index contributed by atoms with van der Waals surface area (Å²) in [6, 6.07) is 12.0. The van der Waals surface area contributed by atoms with E-state index in [4.69, 9.17) is 18.9 Å². The van der Waals surface area contributed by atoms with Crippen LogP contribution in [0.1, 0.15) is 31.0 Å². The number of nitrogens with zero attached hydrogens (tertiary/aromatic N) is 2. The van der Waals surface area contributed by atoms with E-state index in [1.807, 2.05) is 24.3 Å². The second-order valence-corrected chi connectivity index (χ2v) is 9.06. The predicted octanol–water partition coefficient (Wildman–Crippen LogP) is 3.38. The number of benzene rings is 2. The number of ether oxygens (including phenoxy) is 4. The minimum atomic E-state index is -0.760. The van der Waals surface area contributed by atoms with Gasteiger partial charge >= 0.3 is 5.97 Å². The van der Waals surface area contributed by atoms with Gasteiger partial charge in [-0.3, -0.25) is 9.36 Å². The number of esters is 1. The molecular weight excluding hydrogens is 492 g/mol. The lowest BCUT2D eigenvalue weighted by atomic mass is 9.95. The molecule has 8 nitrogen and oxygen atoms in total. The normalized spacial score (nSPS) is 15.0. The predicted molar refractivity (Wildman–Crippen MR) is 142 cm³/mol. The van der Waals surface area contributed by atoms with Gasteiger partial charge in [-0.2, -0.15) is 0 Å². The Labute approximate surface area is 218 Å². The van der Waals surface area contributed by atoms with Gasteiger partial charge in [-0.15, -0.1) is 0 Å². The number of thiazole rings is 1. The molecule has 0 amide bonds. The van der Waals surface area contributed by atoms with Crippen molar-refractivity contribution in [1.29, 1.82) is 0 Å². The van der Waals surface area contributed by atoms with Gasteiger partial charge in [0.25, 0.3) is 5.56 Å². The van der Waals surface area contributed by atoms with Crippen LogP contribution in [-0.2, 0) is 9.53 Å². The van der Waals surface area contributed by atoms with E-state index in [0.717, 1.165) is 5.56 Å². The van der Waals surface area contributed by atoms with Crippen molar-refractivity contribution < 1.29 is 23.7 Å². The molecule has 192 valence electrons. The van der Waals surface area contributed by atoms with Crippen LogP contribution in [0.5, 0.6) is 17.2 Å². The molecule has 2 heterocycles. The maximum atomic E-state index is 13.8. The number of methoxy groups -OCH3 is 2. The van der Waals surface area contributed by atoms with Crippen molar-refractivity contribution in [2.24, 2.45) is 4.99 Å². The van der Waals surface area contributed by atoms with Crippen LogP contribution in [-0.4, -0.2) is 38.0 Å². The Morgan fingerprint density at radius 2 is 1.89 bits per heavy atom. The standard InChI is InChI=1S/C28H28N2O6S/c1-6-14-36-20-11-9-8-10-18(20)16-23-26(31)30-25(19-12-13-21(33-4)22(15-19)34-5)24(27(32)35-7-2)17(3)29-28(30)37-23/h6,8-13,15-16,25H,1,7,14H2,2-5H3/b23-16-. The van der Waals surface area contributed by atoms with Gasteiger partial charge in [0.1, 0.15) is 12.4 Å². The summed E-state index contributed by atoms with van der Waals surface area (Å²) in [5, 5.41) is 0. The first-order valence-electron chi connectivity index (χ1n) is 11.7. The number of carbonyl (C=O) groups is 1. The van der Waals surface area contributed by atoms with E-state index in [1.165, 1.54) is 23.0 Å². The SMILES string of the molecule is C=CCOc1ccccc1/C=c1\sc2n(c1=O)C(c1ccc(OC)c(OC)c1)C(C(=O)OCC)=C(C)N=2. The number of rotatable bonds is 9. The van der Waals surface area contributed by atoms with Gasteiger partial charge < -0.3 is 18.9 Å². The van der Waals surface area contributed by atoms with Crippen LogP contribution in [0, 0.1) is 0 Å². The summed E-state index contributed by atoms with van der Waals surface area (Å²) in [6.45, 7) is 7.71. The van der Waals surface area contributed by atoms with Crippen molar-refractivity contribution in [3.05, 3.63) is 97.2 Å². The maximum Gasteiger partial charge on any atom is 0.338 e. The molecule has 1 unspecified atom stereocenters. The van der Waals surface area contributed by atoms with Gasteiger partial charge in [0, 0.05) is 5.56 Å². The van der Waals surface area contributed by atoms with E-state index in [-0.39, 0.29) is 12.2 Å². The Bertz CT molecular complexity index is 1550. The second kappa shape index (κ2) is 11.3. The summed E-state index contributed by atoms with van der Waals surface area (Å²) in [5.74, 6) is 1.12. The van der Waals surface area contributed by atoms with Crippen LogP contribution < -0.4 is 29.1 Å². The maximum absolute atomic E-state index is 13.8. The van der Waals surface area contributed by atoms with Crippen molar-refractivity contribution >= 4 is 23.4 Å². The molecule has 1 aromatic heterocycles. The van der Waals surface area contributed by atoms with Crippen LogP contribution in [0.25, 0.3) is 6.08 Å². The molecule has 0 N–H and O–H groups in total. The topological polar surface area (TPSA) is 88.3 Å². The van der Waals surface area contributed by atoms with Crippen LogP contribution in [0.2, 0.25) is 0 Å². The zero-order valence-corrected chi connectivity index (χ0v) is 22.0. The van der Waals surface area contributed by atoms with Crippen molar-refractivity contribution in [3.63, 3.8) is 0 Å². The molecule has 0 radical (unpaired) electrons. The summed E-state index contributed by atoms with van der Waals surface area (Å²) < 4.78 is 24.0.